The number of ether oxygens (including phenoxy) is 1. The number of aryl methyl sites for hydroxylation is 2. The average Bonchev–Trinajstić information content (AvgIpc) is 2.52. The summed E-state index contributed by atoms with van der Waals surface area (Å²) in [5.41, 5.74) is 3.48. The Bertz CT molecular complexity index is 608. The lowest BCUT2D eigenvalue weighted by Crippen LogP contribution is -2.27. The van der Waals surface area contributed by atoms with Crippen molar-refractivity contribution in [1.82, 2.24) is 5.32 Å². The molecule has 0 spiro atoms. The second-order valence-electron chi connectivity index (χ2n) is 5.45. The lowest BCUT2D eigenvalue weighted by atomic mass is 10.1. The Balaban J connectivity index is 1.66. The maximum atomic E-state index is 11.8. The van der Waals surface area contributed by atoms with Crippen molar-refractivity contribution in [3.8, 4) is 5.75 Å². The van der Waals surface area contributed by atoms with Crippen LogP contribution in [0, 0.1) is 13.8 Å². The number of benzene rings is 2. The van der Waals surface area contributed by atoms with Crippen LogP contribution in [0.2, 0.25) is 0 Å². The zero-order valence-electron chi connectivity index (χ0n) is 13.3. The molecule has 1 amide bonds. The summed E-state index contributed by atoms with van der Waals surface area (Å²) < 4.78 is 5.69. The molecule has 0 fully saturated rings. The molecule has 0 radical (unpaired) electrons. The van der Waals surface area contributed by atoms with Crippen LogP contribution in [-0.4, -0.2) is 19.1 Å². The summed E-state index contributed by atoms with van der Waals surface area (Å²) in [5, 5.41) is 2.92. The molecule has 2 aromatic carbocycles. The van der Waals surface area contributed by atoms with E-state index in [1.807, 2.05) is 44.2 Å². The lowest BCUT2D eigenvalue weighted by Gasteiger charge is -2.10. The van der Waals surface area contributed by atoms with E-state index in [-0.39, 0.29) is 5.91 Å². The van der Waals surface area contributed by atoms with Gasteiger partial charge in [-0.1, -0.05) is 42.5 Å². The first-order valence-electron chi connectivity index (χ1n) is 7.66. The maximum absolute atomic E-state index is 11.8. The molecule has 0 aromatic heterocycles. The van der Waals surface area contributed by atoms with Crippen LogP contribution in [0.15, 0.2) is 48.5 Å². The molecular weight excluding hydrogens is 274 g/mol. The van der Waals surface area contributed by atoms with Crippen LogP contribution in [0.4, 0.5) is 0 Å². The number of carbonyl (C=O) groups is 1. The van der Waals surface area contributed by atoms with Crippen molar-refractivity contribution in [3.05, 3.63) is 65.2 Å². The van der Waals surface area contributed by atoms with Gasteiger partial charge in [-0.15, -0.1) is 0 Å². The molecule has 0 bridgehead atoms. The van der Waals surface area contributed by atoms with E-state index in [4.69, 9.17) is 4.74 Å². The minimum absolute atomic E-state index is 0.0289. The van der Waals surface area contributed by atoms with Gasteiger partial charge in [0.1, 0.15) is 5.75 Å². The molecular formula is C19H23NO2. The van der Waals surface area contributed by atoms with E-state index < -0.39 is 0 Å². The van der Waals surface area contributed by atoms with E-state index in [1.165, 1.54) is 5.56 Å². The molecule has 3 nitrogen and oxygen atoms in total. The highest BCUT2D eigenvalue weighted by Crippen LogP contribution is 2.19. The number of rotatable bonds is 7. The Labute approximate surface area is 132 Å². The zero-order chi connectivity index (χ0) is 15.8. The van der Waals surface area contributed by atoms with Gasteiger partial charge in [-0.05, 0) is 43.0 Å². The number of carbonyl (C=O) groups excluding carboxylic acids is 1. The largest absolute Gasteiger partial charge is 0.493 e. The van der Waals surface area contributed by atoms with Crippen LogP contribution in [-0.2, 0) is 11.2 Å². The minimum atomic E-state index is 0.0289. The van der Waals surface area contributed by atoms with Gasteiger partial charge < -0.3 is 10.1 Å². The van der Waals surface area contributed by atoms with Crippen molar-refractivity contribution >= 4 is 5.91 Å². The molecule has 0 atom stereocenters. The van der Waals surface area contributed by atoms with Crippen LogP contribution in [0.5, 0.6) is 5.75 Å². The SMILES string of the molecule is Cc1ccc(C)c(OCCC(=O)NCCc2ccccc2)c1. The van der Waals surface area contributed by atoms with E-state index in [1.54, 1.807) is 0 Å². The van der Waals surface area contributed by atoms with Crippen molar-refractivity contribution in [2.75, 3.05) is 13.2 Å². The summed E-state index contributed by atoms with van der Waals surface area (Å²) in [6.07, 6.45) is 1.23. The molecule has 3 heteroatoms. The zero-order valence-corrected chi connectivity index (χ0v) is 13.3. The molecule has 1 N–H and O–H groups in total. The van der Waals surface area contributed by atoms with Gasteiger partial charge in [-0.3, -0.25) is 4.79 Å². The quantitative estimate of drug-likeness (QED) is 0.850. The number of nitrogens with one attached hydrogen (secondary N) is 1. The Morgan fingerprint density at radius 2 is 1.86 bits per heavy atom. The third-order valence-corrected chi connectivity index (χ3v) is 3.51. The van der Waals surface area contributed by atoms with Crippen LogP contribution in [0.1, 0.15) is 23.1 Å². The minimum Gasteiger partial charge on any atom is -0.493 e. The first-order chi connectivity index (χ1) is 10.6. The van der Waals surface area contributed by atoms with Gasteiger partial charge in [0.2, 0.25) is 5.91 Å². The summed E-state index contributed by atoms with van der Waals surface area (Å²) in [6.45, 7) is 5.10. The topological polar surface area (TPSA) is 38.3 Å². The van der Waals surface area contributed by atoms with Gasteiger partial charge >= 0.3 is 0 Å². The molecule has 116 valence electrons. The highest BCUT2D eigenvalue weighted by Gasteiger charge is 2.04. The van der Waals surface area contributed by atoms with Gasteiger partial charge in [0.05, 0.1) is 13.0 Å². The fourth-order valence-corrected chi connectivity index (χ4v) is 2.20. The predicted octanol–water partition coefficient (Wildman–Crippen LogP) is 3.43. The van der Waals surface area contributed by atoms with Crippen LogP contribution in [0.3, 0.4) is 0 Å². The third kappa shape index (κ3) is 5.24. The highest BCUT2D eigenvalue weighted by atomic mass is 16.5. The van der Waals surface area contributed by atoms with Gasteiger partial charge in [0.25, 0.3) is 0 Å². The smallest absolute Gasteiger partial charge is 0.223 e. The van der Waals surface area contributed by atoms with E-state index in [2.05, 4.69) is 23.5 Å². The van der Waals surface area contributed by atoms with Crippen LogP contribution < -0.4 is 10.1 Å². The summed E-state index contributed by atoms with van der Waals surface area (Å²) in [5.74, 6) is 0.887. The average molecular weight is 297 g/mol. The second-order valence-corrected chi connectivity index (χ2v) is 5.45. The Kier molecular flexibility index (Phi) is 6.01. The van der Waals surface area contributed by atoms with Crippen molar-refractivity contribution in [2.45, 2.75) is 26.7 Å². The van der Waals surface area contributed by atoms with Gasteiger partial charge in [-0.2, -0.15) is 0 Å². The molecule has 0 saturated carbocycles. The van der Waals surface area contributed by atoms with E-state index in [0.717, 1.165) is 23.3 Å². The monoisotopic (exact) mass is 297 g/mol. The summed E-state index contributed by atoms with van der Waals surface area (Å²) in [6, 6.07) is 16.2. The van der Waals surface area contributed by atoms with Crippen molar-refractivity contribution < 1.29 is 9.53 Å². The summed E-state index contributed by atoms with van der Waals surface area (Å²) >= 11 is 0. The molecule has 2 rings (SSSR count). The fraction of sp³-hybridized carbons (Fsp3) is 0.316. The van der Waals surface area contributed by atoms with Crippen LogP contribution >= 0.6 is 0 Å². The van der Waals surface area contributed by atoms with Gasteiger partial charge in [0, 0.05) is 6.54 Å². The first-order valence-corrected chi connectivity index (χ1v) is 7.66. The van der Waals surface area contributed by atoms with Gasteiger partial charge in [-0.25, -0.2) is 0 Å². The third-order valence-electron chi connectivity index (χ3n) is 3.51. The van der Waals surface area contributed by atoms with E-state index >= 15 is 0 Å². The van der Waals surface area contributed by atoms with Crippen molar-refractivity contribution in [3.63, 3.8) is 0 Å². The number of hydrogen-bond acceptors (Lipinski definition) is 2. The molecule has 0 aliphatic heterocycles. The molecule has 22 heavy (non-hydrogen) atoms. The van der Waals surface area contributed by atoms with E-state index in [9.17, 15) is 4.79 Å². The Morgan fingerprint density at radius 1 is 1.09 bits per heavy atom. The van der Waals surface area contributed by atoms with Gasteiger partial charge in [0.15, 0.2) is 0 Å². The Hall–Kier alpha value is -2.29. The Morgan fingerprint density at radius 3 is 2.64 bits per heavy atom. The lowest BCUT2D eigenvalue weighted by molar-refractivity contribution is -0.121. The predicted molar refractivity (Wildman–Crippen MR) is 89.2 cm³/mol. The van der Waals surface area contributed by atoms with Crippen LogP contribution in [0.25, 0.3) is 0 Å². The molecule has 0 aliphatic carbocycles. The molecule has 0 unspecified atom stereocenters. The highest BCUT2D eigenvalue weighted by molar-refractivity contribution is 5.76. The fourth-order valence-electron chi connectivity index (χ4n) is 2.20. The molecule has 0 aliphatic rings. The number of hydrogen-bond donors (Lipinski definition) is 1. The molecule has 0 heterocycles. The molecule has 0 saturated heterocycles. The van der Waals surface area contributed by atoms with E-state index in [0.29, 0.717) is 19.6 Å². The summed E-state index contributed by atoms with van der Waals surface area (Å²) in [7, 11) is 0. The normalized spacial score (nSPS) is 10.3. The second kappa shape index (κ2) is 8.23. The summed E-state index contributed by atoms with van der Waals surface area (Å²) in [4.78, 5) is 11.8. The van der Waals surface area contributed by atoms with Crippen molar-refractivity contribution in [1.29, 1.82) is 0 Å². The molecule has 2 aromatic rings. The standard InChI is InChI=1S/C19H23NO2/c1-15-8-9-16(2)18(14-15)22-13-11-19(21)20-12-10-17-6-4-3-5-7-17/h3-9,14H,10-13H2,1-2H3,(H,20,21). The number of amides is 1. The first kappa shape index (κ1) is 16.1. The maximum Gasteiger partial charge on any atom is 0.223 e. The van der Waals surface area contributed by atoms with Crippen molar-refractivity contribution in [2.24, 2.45) is 0 Å².